The second kappa shape index (κ2) is 12.4. The van der Waals surface area contributed by atoms with E-state index >= 15 is 0 Å². The van der Waals surface area contributed by atoms with Crippen LogP contribution in [0, 0.1) is 5.82 Å². The number of rotatable bonds is 9. The maximum Gasteiger partial charge on any atom is 0.257 e. The summed E-state index contributed by atoms with van der Waals surface area (Å²) in [6, 6.07) is 20.0. The normalized spacial score (nSPS) is 17.5. The summed E-state index contributed by atoms with van der Waals surface area (Å²) in [7, 11) is 3.22. The van der Waals surface area contributed by atoms with Crippen molar-refractivity contribution in [3.8, 4) is 17.2 Å². The van der Waals surface area contributed by atoms with Gasteiger partial charge in [-0.3, -0.25) is 9.69 Å². The fraction of sp³-hybridized carbons (Fsp3) is 0.355. The summed E-state index contributed by atoms with van der Waals surface area (Å²) in [5.74, 6) is 1.80. The molecular formula is C31H35FN4O4. The van der Waals surface area contributed by atoms with Gasteiger partial charge in [0.1, 0.15) is 23.1 Å². The molecule has 1 atom stereocenters. The molecule has 210 valence electrons. The second-order valence-electron chi connectivity index (χ2n) is 9.79. The van der Waals surface area contributed by atoms with Crippen LogP contribution >= 0.6 is 0 Å². The molecule has 1 saturated heterocycles. The number of ether oxygens (including phenoxy) is 3. The van der Waals surface area contributed by atoms with Gasteiger partial charge < -0.3 is 19.1 Å². The monoisotopic (exact) mass is 546 g/mol. The standard InChI is InChI=1S/C31H35FN4O4/c1-4-40-23-11-9-22(10-12-23)29-20-27(25-14-13-24(38-2)19-30(25)39-3)33-36(29)31(37)21-34-15-17-35(18-16-34)28-8-6-5-7-26(28)32/h5-14,19,29H,4,15-18,20-21H2,1-3H3/t29-/m1/s1. The van der Waals surface area contributed by atoms with Crippen LogP contribution < -0.4 is 19.1 Å². The number of halogens is 1. The average molecular weight is 547 g/mol. The van der Waals surface area contributed by atoms with Gasteiger partial charge >= 0.3 is 0 Å². The fourth-order valence-corrected chi connectivity index (χ4v) is 5.27. The first kappa shape index (κ1) is 27.5. The summed E-state index contributed by atoms with van der Waals surface area (Å²) in [4.78, 5) is 17.9. The van der Waals surface area contributed by atoms with E-state index in [0.717, 1.165) is 22.6 Å². The first-order valence-electron chi connectivity index (χ1n) is 13.6. The smallest absolute Gasteiger partial charge is 0.257 e. The lowest BCUT2D eigenvalue weighted by atomic mass is 9.97. The summed E-state index contributed by atoms with van der Waals surface area (Å²) in [6.07, 6.45) is 0.545. The molecule has 5 rings (SSSR count). The van der Waals surface area contributed by atoms with Crippen LogP contribution in [0.5, 0.6) is 17.2 Å². The highest BCUT2D eigenvalue weighted by Gasteiger charge is 2.35. The molecule has 3 aromatic carbocycles. The summed E-state index contributed by atoms with van der Waals surface area (Å²) < 4.78 is 30.9. The number of hydrogen-bond acceptors (Lipinski definition) is 7. The molecule has 0 aromatic heterocycles. The van der Waals surface area contributed by atoms with Gasteiger partial charge in [0.15, 0.2) is 0 Å². The van der Waals surface area contributed by atoms with Crippen LogP contribution in [0.25, 0.3) is 0 Å². The van der Waals surface area contributed by atoms with Gasteiger partial charge in [0.05, 0.1) is 44.8 Å². The largest absolute Gasteiger partial charge is 0.497 e. The Morgan fingerprint density at radius 2 is 1.68 bits per heavy atom. The lowest BCUT2D eigenvalue weighted by Crippen LogP contribution is -2.49. The van der Waals surface area contributed by atoms with Crippen LogP contribution in [0.2, 0.25) is 0 Å². The minimum absolute atomic E-state index is 0.0827. The van der Waals surface area contributed by atoms with Crippen LogP contribution in [-0.2, 0) is 4.79 Å². The van der Waals surface area contributed by atoms with Gasteiger partial charge in [0.25, 0.3) is 5.91 Å². The number of hydrogen-bond donors (Lipinski definition) is 0. The number of carbonyl (C=O) groups excluding carboxylic acids is 1. The van der Waals surface area contributed by atoms with Gasteiger partial charge in [0, 0.05) is 44.2 Å². The molecule has 0 bridgehead atoms. The first-order valence-corrected chi connectivity index (χ1v) is 13.6. The number of hydrazone groups is 1. The highest BCUT2D eigenvalue weighted by molar-refractivity contribution is 6.05. The third-order valence-electron chi connectivity index (χ3n) is 7.39. The average Bonchev–Trinajstić information content (AvgIpc) is 3.44. The Hall–Kier alpha value is -4.11. The molecule has 40 heavy (non-hydrogen) atoms. The summed E-state index contributed by atoms with van der Waals surface area (Å²) in [5.41, 5.74) is 3.18. The molecule has 0 saturated carbocycles. The molecule has 8 nitrogen and oxygen atoms in total. The third kappa shape index (κ3) is 5.89. The van der Waals surface area contributed by atoms with Gasteiger partial charge in [-0.15, -0.1) is 0 Å². The molecule has 1 amide bonds. The first-order chi connectivity index (χ1) is 19.5. The van der Waals surface area contributed by atoms with Crippen molar-refractivity contribution in [2.75, 3.05) is 58.5 Å². The van der Waals surface area contributed by atoms with Crippen molar-refractivity contribution in [2.45, 2.75) is 19.4 Å². The van der Waals surface area contributed by atoms with E-state index in [0.29, 0.717) is 56.4 Å². The number of para-hydroxylation sites is 1. The Morgan fingerprint density at radius 1 is 0.950 bits per heavy atom. The van der Waals surface area contributed by atoms with Crippen molar-refractivity contribution in [1.82, 2.24) is 9.91 Å². The lowest BCUT2D eigenvalue weighted by Gasteiger charge is -2.36. The van der Waals surface area contributed by atoms with E-state index in [1.165, 1.54) is 6.07 Å². The van der Waals surface area contributed by atoms with Gasteiger partial charge in [-0.2, -0.15) is 5.10 Å². The van der Waals surface area contributed by atoms with Crippen LogP contribution in [0.4, 0.5) is 10.1 Å². The van der Waals surface area contributed by atoms with Crippen LogP contribution in [0.3, 0.4) is 0 Å². The van der Waals surface area contributed by atoms with Crippen molar-refractivity contribution < 1.29 is 23.4 Å². The molecule has 9 heteroatoms. The van der Waals surface area contributed by atoms with E-state index in [1.54, 1.807) is 31.4 Å². The molecule has 0 spiro atoms. The number of nitrogens with zero attached hydrogens (tertiary/aromatic N) is 4. The predicted octanol–water partition coefficient (Wildman–Crippen LogP) is 4.74. The number of amides is 1. The molecule has 2 aliphatic rings. The molecular weight excluding hydrogens is 511 g/mol. The highest BCUT2D eigenvalue weighted by atomic mass is 19.1. The number of benzene rings is 3. The molecule has 2 aliphatic heterocycles. The molecule has 0 aliphatic carbocycles. The van der Waals surface area contributed by atoms with Crippen molar-refractivity contribution in [3.05, 3.63) is 83.7 Å². The Morgan fingerprint density at radius 3 is 2.35 bits per heavy atom. The topological polar surface area (TPSA) is 66.8 Å². The number of methoxy groups -OCH3 is 2. The van der Waals surface area contributed by atoms with E-state index < -0.39 is 0 Å². The maximum absolute atomic E-state index is 14.3. The highest BCUT2D eigenvalue weighted by Crippen LogP contribution is 2.37. The van der Waals surface area contributed by atoms with Gasteiger partial charge in [-0.25, -0.2) is 9.40 Å². The van der Waals surface area contributed by atoms with E-state index in [-0.39, 0.29) is 24.3 Å². The molecule has 0 unspecified atom stereocenters. The van der Waals surface area contributed by atoms with Crippen LogP contribution in [0.15, 0.2) is 71.8 Å². The van der Waals surface area contributed by atoms with E-state index in [4.69, 9.17) is 19.3 Å². The Balaban J connectivity index is 1.35. The fourth-order valence-electron chi connectivity index (χ4n) is 5.27. The third-order valence-corrected chi connectivity index (χ3v) is 7.39. The quantitative estimate of drug-likeness (QED) is 0.386. The maximum atomic E-state index is 14.3. The van der Waals surface area contributed by atoms with Crippen LogP contribution in [-0.4, -0.2) is 75.1 Å². The zero-order valence-corrected chi connectivity index (χ0v) is 23.2. The van der Waals surface area contributed by atoms with Crippen molar-refractivity contribution >= 4 is 17.3 Å². The van der Waals surface area contributed by atoms with E-state index in [1.807, 2.05) is 60.4 Å². The van der Waals surface area contributed by atoms with Crippen molar-refractivity contribution in [1.29, 1.82) is 0 Å². The zero-order valence-electron chi connectivity index (χ0n) is 23.2. The number of piperazine rings is 1. The Kier molecular flexibility index (Phi) is 8.50. The minimum atomic E-state index is -0.260. The number of carbonyl (C=O) groups is 1. The van der Waals surface area contributed by atoms with Crippen molar-refractivity contribution in [2.24, 2.45) is 5.10 Å². The van der Waals surface area contributed by atoms with Crippen LogP contribution in [0.1, 0.15) is 30.5 Å². The summed E-state index contributed by atoms with van der Waals surface area (Å²) in [6.45, 7) is 5.37. The van der Waals surface area contributed by atoms with E-state index in [9.17, 15) is 9.18 Å². The van der Waals surface area contributed by atoms with E-state index in [2.05, 4.69) is 4.90 Å². The molecule has 0 radical (unpaired) electrons. The zero-order chi connectivity index (χ0) is 28.1. The minimum Gasteiger partial charge on any atom is -0.497 e. The van der Waals surface area contributed by atoms with Gasteiger partial charge in [0.2, 0.25) is 0 Å². The van der Waals surface area contributed by atoms with Gasteiger partial charge in [-0.1, -0.05) is 24.3 Å². The molecule has 1 fully saturated rings. The predicted molar refractivity (Wildman–Crippen MR) is 153 cm³/mol. The second-order valence-corrected chi connectivity index (χ2v) is 9.79. The SMILES string of the molecule is CCOc1ccc([C@H]2CC(c3ccc(OC)cc3OC)=NN2C(=O)CN2CCN(c3ccccc3F)CC2)cc1. The Bertz CT molecular complexity index is 1360. The molecule has 0 N–H and O–H groups in total. The molecule has 2 heterocycles. The number of anilines is 1. The lowest BCUT2D eigenvalue weighted by molar-refractivity contribution is -0.134. The Labute approximate surface area is 234 Å². The summed E-state index contributed by atoms with van der Waals surface area (Å²) in [5, 5.41) is 6.45. The van der Waals surface area contributed by atoms with Crippen molar-refractivity contribution in [3.63, 3.8) is 0 Å². The van der Waals surface area contributed by atoms with Gasteiger partial charge in [-0.05, 0) is 48.9 Å². The molecule has 3 aromatic rings. The summed E-state index contributed by atoms with van der Waals surface area (Å²) >= 11 is 0.